The summed E-state index contributed by atoms with van der Waals surface area (Å²) in [4.78, 5) is 14.6. The lowest BCUT2D eigenvalue weighted by atomic mass is 9.76. The molecule has 2 fully saturated rings. The number of hydrogen-bond donors (Lipinski definition) is 0. The molecule has 0 spiro atoms. The van der Waals surface area contributed by atoms with Crippen LogP contribution in [-0.4, -0.2) is 37.1 Å². The molecule has 114 valence electrons. The molecular formula is C17H22FNO2. The standard InChI is InChI=1S/C17H22FNO2/c1-10-4-5-11(8-14(10)18)13-9-12-6-7-15(19(12)2)16(13)17(20)21-3/h4-5,8,12-13,15-16H,6-7,9H2,1-3H3/t12-,13-,15+,16-/m0/s1. The van der Waals surface area contributed by atoms with Crippen molar-refractivity contribution in [2.45, 2.75) is 44.2 Å². The number of piperidine rings is 1. The second-order valence-electron chi connectivity index (χ2n) is 6.36. The first kappa shape index (κ1) is 14.5. The van der Waals surface area contributed by atoms with Gasteiger partial charge in [-0.1, -0.05) is 12.1 Å². The summed E-state index contributed by atoms with van der Waals surface area (Å²) >= 11 is 0. The van der Waals surface area contributed by atoms with Gasteiger partial charge in [0.25, 0.3) is 0 Å². The molecule has 1 aromatic carbocycles. The number of benzene rings is 1. The number of carbonyl (C=O) groups is 1. The van der Waals surface area contributed by atoms with Crippen LogP contribution >= 0.6 is 0 Å². The topological polar surface area (TPSA) is 29.5 Å². The minimum Gasteiger partial charge on any atom is -0.469 e. The molecule has 0 unspecified atom stereocenters. The van der Waals surface area contributed by atoms with Crippen molar-refractivity contribution in [3.8, 4) is 0 Å². The number of fused-ring (bicyclic) bond motifs is 2. The van der Waals surface area contributed by atoms with Gasteiger partial charge in [0.1, 0.15) is 5.82 Å². The minimum absolute atomic E-state index is 0.0567. The van der Waals surface area contributed by atoms with Gasteiger partial charge in [0.05, 0.1) is 13.0 Å². The lowest BCUT2D eigenvalue weighted by molar-refractivity contribution is -0.150. The van der Waals surface area contributed by atoms with Gasteiger partial charge in [-0.25, -0.2) is 4.39 Å². The van der Waals surface area contributed by atoms with Gasteiger partial charge in [0, 0.05) is 18.0 Å². The second-order valence-corrected chi connectivity index (χ2v) is 6.36. The SMILES string of the molecule is COC(=O)[C@@H]1[C@H]2CC[C@@H](C[C@H]1c1ccc(C)c(F)c1)N2C. The Balaban J connectivity index is 1.98. The molecule has 2 saturated heterocycles. The molecule has 3 rings (SSSR count). The number of hydrogen-bond acceptors (Lipinski definition) is 3. The van der Waals surface area contributed by atoms with E-state index in [-0.39, 0.29) is 29.7 Å². The van der Waals surface area contributed by atoms with E-state index >= 15 is 0 Å². The molecule has 4 atom stereocenters. The Morgan fingerprint density at radius 2 is 2.14 bits per heavy atom. The van der Waals surface area contributed by atoms with Crippen LogP contribution < -0.4 is 0 Å². The van der Waals surface area contributed by atoms with Crippen LogP contribution in [0.15, 0.2) is 18.2 Å². The Labute approximate surface area is 125 Å². The number of esters is 1. The van der Waals surface area contributed by atoms with Crippen LogP contribution in [0.25, 0.3) is 0 Å². The summed E-state index contributed by atoms with van der Waals surface area (Å²) in [5.41, 5.74) is 1.57. The average molecular weight is 291 g/mol. The Morgan fingerprint density at radius 3 is 2.81 bits per heavy atom. The van der Waals surface area contributed by atoms with Crippen LogP contribution in [0.3, 0.4) is 0 Å². The van der Waals surface area contributed by atoms with Gasteiger partial charge in [-0.15, -0.1) is 0 Å². The molecule has 0 aliphatic carbocycles. The number of nitrogens with zero attached hydrogens (tertiary/aromatic N) is 1. The van der Waals surface area contributed by atoms with Gasteiger partial charge in [0.15, 0.2) is 0 Å². The zero-order valence-corrected chi connectivity index (χ0v) is 12.8. The number of aryl methyl sites for hydroxylation is 1. The lowest BCUT2D eigenvalue weighted by Crippen LogP contribution is -2.49. The van der Waals surface area contributed by atoms with Crippen LogP contribution in [0.4, 0.5) is 4.39 Å². The molecular weight excluding hydrogens is 269 g/mol. The molecule has 2 heterocycles. The van der Waals surface area contributed by atoms with Crippen molar-refractivity contribution in [3.63, 3.8) is 0 Å². The first-order valence-electron chi connectivity index (χ1n) is 7.58. The van der Waals surface area contributed by atoms with E-state index in [9.17, 15) is 9.18 Å². The summed E-state index contributed by atoms with van der Waals surface area (Å²) in [5.74, 6) is -0.498. The molecule has 2 bridgehead atoms. The van der Waals surface area contributed by atoms with Crippen molar-refractivity contribution in [3.05, 3.63) is 35.1 Å². The normalized spacial score (nSPS) is 32.2. The maximum atomic E-state index is 13.9. The van der Waals surface area contributed by atoms with Crippen LogP contribution in [0.5, 0.6) is 0 Å². The fourth-order valence-corrected chi connectivity index (χ4v) is 4.11. The highest BCUT2D eigenvalue weighted by atomic mass is 19.1. The molecule has 21 heavy (non-hydrogen) atoms. The van der Waals surface area contributed by atoms with Crippen LogP contribution in [0.1, 0.15) is 36.3 Å². The number of halogens is 1. The molecule has 0 N–H and O–H groups in total. The van der Waals surface area contributed by atoms with E-state index < -0.39 is 0 Å². The molecule has 0 aromatic heterocycles. The predicted molar refractivity (Wildman–Crippen MR) is 78.6 cm³/mol. The van der Waals surface area contributed by atoms with Crippen molar-refractivity contribution in [1.82, 2.24) is 4.90 Å². The van der Waals surface area contributed by atoms with Gasteiger partial charge >= 0.3 is 5.97 Å². The zero-order valence-electron chi connectivity index (χ0n) is 12.8. The van der Waals surface area contributed by atoms with Crippen molar-refractivity contribution in [2.75, 3.05) is 14.2 Å². The Hall–Kier alpha value is -1.42. The fraction of sp³-hybridized carbons (Fsp3) is 0.588. The smallest absolute Gasteiger partial charge is 0.310 e. The lowest BCUT2D eigenvalue weighted by Gasteiger charge is -2.41. The summed E-state index contributed by atoms with van der Waals surface area (Å²) in [6, 6.07) is 6.07. The van der Waals surface area contributed by atoms with Crippen LogP contribution in [0.2, 0.25) is 0 Å². The summed E-state index contributed by atoms with van der Waals surface area (Å²) < 4.78 is 18.9. The largest absolute Gasteiger partial charge is 0.469 e. The van der Waals surface area contributed by atoms with E-state index in [4.69, 9.17) is 4.74 Å². The molecule has 2 aliphatic heterocycles. The Kier molecular flexibility index (Phi) is 3.74. The third kappa shape index (κ3) is 2.35. The summed E-state index contributed by atoms with van der Waals surface area (Å²) in [7, 11) is 3.53. The monoisotopic (exact) mass is 291 g/mol. The number of carbonyl (C=O) groups excluding carboxylic acids is 1. The third-order valence-corrected chi connectivity index (χ3v) is 5.37. The molecule has 4 heteroatoms. The number of methoxy groups -OCH3 is 1. The highest BCUT2D eigenvalue weighted by molar-refractivity contribution is 5.75. The molecule has 0 amide bonds. The highest BCUT2D eigenvalue weighted by Crippen LogP contribution is 2.46. The van der Waals surface area contributed by atoms with E-state index in [1.54, 1.807) is 19.1 Å². The molecule has 3 nitrogen and oxygen atoms in total. The van der Waals surface area contributed by atoms with Crippen LogP contribution in [-0.2, 0) is 9.53 Å². The van der Waals surface area contributed by atoms with E-state index in [0.717, 1.165) is 24.8 Å². The predicted octanol–water partition coefficient (Wildman–Crippen LogP) is 2.87. The van der Waals surface area contributed by atoms with Crippen molar-refractivity contribution in [1.29, 1.82) is 0 Å². The maximum absolute atomic E-state index is 13.9. The van der Waals surface area contributed by atoms with E-state index in [1.165, 1.54) is 7.11 Å². The zero-order chi connectivity index (χ0) is 15.1. The van der Waals surface area contributed by atoms with E-state index in [0.29, 0.717) is 11.6 Å². The highest BCUT2D eigenvalue weighted by Gasteiger charge is 2.49. The third-order valence-electron chi connectivity index (χ3n) is 5.37. The minimum atomic E-state index is -0.194. The Morgan fingerprint density at radius 1 is 1.38 bits per heavy atom. The number of rotatable bonds is 2. The van der Waals surface area contributed by atoms with Gasteiger partial charge in [-0.3, -0.25) is 9.69 Å². The molecule has 2 aliphatic rings. The van der Waals surface area contributed by atoms with E-state index in [2.05, 4.69) is 11.9 Å². The first-order chi connectivity index (χ1) is 10.0. The van der Waals surface area contributed by atoms with Crippen LogP contribution in [0, 0.1) is 18.7 Å². The Bertz CT molecular complexity index is 560. The molecule has 0 radical (unpaired) electrons. The summed E-state index contributed by atoms with van der Waals surface area (Å²) in [5, 5.41) is 0. The quantitative estimate of drug-likeness (QED) is 0.785. The molecule has 0 saturated carbocycles. The van der Waals surface area contributed by atoms with E-state index in [1.807, 2.05) is 6.07 Å². The average Bonchev–Trinajstić information content (AvgIpc) is 2.72. The first-order valence-corrected chi connectivity index (χ1v) is 7.58. The number of ether oxygens (including phenoxy) is 1. The van der Waals surface area contributed by atoms with Crippen molar-refractivity contribution < 1.29 is 13.9 Å². The van der Waals surface area contributed by atoms with Gasteiger partial charge in [0.2, 0.25) is 0 Å². The second kappa shape index (κ2) is 5.41. The van der Waals surface area contributed by atoms with Gasteiger partial charge in [-0.2, -0.15) is 0 Å². The summed E-state index contributed by atoms with van der Waals surface area (Å²) in [6.07, 6.45) is 3.03. The van der Waals surface area contributed by atoms with Gasteiger partial charge < -0.3 is 4.74 Å². The summed E-state index contributed by atoms with van der Waals surface area (Å²) in [6.45, 7) is 1.76. The fourth-order valence-electron chi connectivity index (χ4n) is 4.11. The maximum Gasteiger partial charge on any atom is 0.310 e. The van der Waals surface area contributed by atoms with Gasteiger partial charge in [-0.05, 0) is 50.4 Å². The molecule has 1 aromatic rings. The van der Waals surface area contributed by atoms with Crippen molar-refractivity contribution >= 4 is 5.97 Å². The van der Waals surface area contributed by atoms with Crippen molar-refractivity contribution in [2.24, 2.45) is 5.92 Å².